The van der Waals surface area contributed by atoms with E-state index in [0.29, 0.717) is 0 Å². The molecule has 2 aliphatic rings. The predicted molar refractivity (Wildman–Crippen MR) is 68.8 cm³/mol. The van der Waals surface area contributed by atoms with Gasteiger partial charge in [-0.15, -0.1) is 0 Å². The maximum absolute atomic E-state index is 10.6. The molecule has 0 aromatic heterocycles. The number of nitrogens with one attached hydrogen (secondary N) is 1. The second kappa shape index (κ2) is 4.43. The molecule has 1 aliphatic heterocycles. The zero-order valence-corrected chi connectivity index (χ0v) is 10.2. The van der Waals surface area contributed by atoms with Crippen molar-refractivity contribution in [2.45, 2.75) is 31.3 Å². The molecule has 0 amide bonds. The molecular weight excluding hydrogens is 210 g/mol. The van der Waals surface area contributed by atoms with Gasteiger partial charge < -0.3 is 10.4 Å². The number of benzene rings is 1. The molecule has 3 atom stereocenters. The summed E-state index contributed by atoms with van der Waals surface area (Å²) in [6.07, 6.45) is 3.92. The van der Waals surface area contributed by atoms with Crippen LogP contribution >= 0.6 is 0 Å². The van der Waals surface area contributed by atoms with Crippen LogP contribution in [0.5, 0.6) is 0 Å². The van der Waals surface area contributed by atoms with Gasteiger partial charge in [0.1, 0.15) is 0 Å². The molecule has 0 radical (unpaired) electrons. The number of fused-ring (bicyclic) bond motifs is 1. The Morgan fingerprint density at radius 1 is 1.12 bits per heavy atom. The van der Waals surface area contributed by atoms with Crippen LogP contribution < -0.4 is 5.32 Å². The van der Waals surface area contributed by atoms with Crippen LogP contribution in [0.3, 0.4) is 0 Å². The second-order valence-corrected chi connectivity index (χ2v) is 5.80. The lowest BCUT2D eigenvalue weighted by atomic mass is 9.92. The summed E-state index contributed by atoms with van der Waals surface area (Å²) < 4.78 is 0. The highest BCUT2D eigenvalue weighted by Gasteiger charge is 2.45. The summed E-state index contributed by atoms with van der Waals surface area (Å²) in [7, 11) is 0. The highest BCUT2D eigenvalue weighted by molar-refractivity contribution is 5.15. The molecule has 0 spiro atoms. The van der Waals surface area contributed by atoms with Crippen LogP contribution in [0.15, 0.2) is 30.3 Å². The van der Waals surface area contributed by atoms with Gasteiger partial charge in [0.05, 0.1) is 5.60 Å². The first-order valence-electron chi connectivity index (χ1n) is 6.72. The summed E-state index contributed by atoms with van der Waals surface area (Å²) in [6, 6.07) is 10.5. The standard InChI is InChI=1S/C15H21NO/c17-15(7-6-12-4-2-1-3-5-12)8-13-10-16-11-14(13)9-15/h1-5,13-14,16-17H,6-11H2/t13-,14+,15-. The highest BCUT2D eigenvalue weighted by atomic mass is 16.3. The molecule has 2 heteroatoms. The molecule has 1 aromatic rings. The minimum Gasteiger partial charge on any atom is -0.390 e. The van der Waals surface area contributed by atoms with Gasteiger partial charge in [0, 0.05) is 0 Å². The second-order valence-electron chi connectivity index (χ2n) is 5.80. The first-order chi connectivity index (χ1) is 8.25. The van der Waals surface area contributed by atoms with Gasteiger partial charge >= 0.3 is 0 Å². The Balaban J connectivity index is 1.59. The molecule has 17 heavy (non-hydrogen) atoms. The molecule has 0 unspecified atom stereocenters. The van der Waals surface area contributed by atoms with Gasteiger partial charge in [-0.05, 0) is 56.2 Å². The predicted octanol–water partition coefficient (Wildman–Crippen LogP) is 1.98. The number of hydrogen-bond acceptors (Lipinski definition) is 2. The van der Waals surface area contributed by atoms with Crippen LogP contribution in [0.1, 0.15) is 24.8 Å². The van der Waals surface area contributed by atoms with Gasteiger partial charge in [-0.3, -0.25) is 0 Å². The minimum atomic E-state index is -0.396. The summed E-state index contributed by atoms with van der Waals surface area (Å²) in [5.74, 6) is 1.44. The van der Waals surface area contributed by atoms with Crippen molar-refractivity contribution < 1.29 is 5.11 Å². The lowest BCUT2D eigenvalue weighted by molar-refractivity contribution is 0.0310. The summed E-state index contributed by atoms with van der Waals surface area (Å²) in [4.78, 5) is 0. The Labute approximate surface area is 103 Å². The van der Waals surface area contributed by atoms with Gasteiger partial charge in [0.2, 0.25) is 0 Å². The molecule has 2 fully saturated rings. The zero-order valence-electron chi connectivity index (χ0n) is 10.2. The van der Waals surface area contributed by atoms with E-state index in [4.69, 9.17) is 0 Å². The van der Waals surface area contributed by atoms with Gasteiger partial charge in [-0.25, -0.2) is 0 Å². The third-order valence-electron chi connectivity index (χ3n) is 4.49. The fourth-order valence-corrected chi connectivity index (χ4v) is 3.55. The van der Waals surface area contributed by atoms with Crippen molar-refractivity contribution in [3.05, 3.63) is 35.9 Å². The van der Waals surface area contributed by atoms with E-state index < -0.39 is 5.60 Å². The Morgan fingerprint density at radius 3 is 2.41 bits per heavy atom. The van der Waals surface area contributed by atoms with E-state index in [0.717, 1.165) is 50.6 Å². The van der Waals surface area contributed by atoms with E-state index in [-0.39, 0.29) is 0 Å². The van der Waals surface area contributed by atoms with E-state index in [9.17, 15) is 5.11 Å². The number of rotatable bonds is 3. The molecule has 1 saturated carbocycles. The van der Waals surface area contributed by atoms with Crippen LogP contribution in [-0.2, 0) is 6.42 Å². The van der Waals surface area contributed by atoms with Crippen molar-refractivity contribution in [3.63, 3.8) is 0 Å². The molecule has 1 aromatic carbocycles. The van der Waals surface area contributed by atoms with Crippen molar-refractivity contribution in [2.75, 3.05) is 13.1 Å². The van der Waals surface area contributed by atoms with Crippen molar-refractivity contribution in [2.24, 2.45) is 11.8 Å². The topological polar surface area (TPSA) is 32.3 Å². The third-order valence-corrected chi connectivity index (χ3v) is 4.49. The van der Waals surface area contributed by atoms with Crippen molar-refractivity contribution in [1.82, 2.24) is 5.32 Å². The van der Waals surface area contributed by atoms with Crippen LogP contribution in [0.2, 0.25) is 0 Å². The largest absolute Gasteiger partial charge is 0.390 e. The van der Waals surface area contributed by atoms with E-state index in [1.165, 1.54) is 5.56 Å². The lowest BCUT2D eigenvalue weighted by Gasteiger charge is -2.23. The van der Waals surface area contributed by atoms with Crippen molar-refractivity contribution >= 4 is 0 Å². The average Bonchev–Trinajstić information content (AvgIpc) is 2.86. The summed E-state index contributed by atoms with van der Waals surface area (Å²) in [5.41, 5.74) is 0.948. The van der Waals surface area contributed by atoms with Crippen LogP contribution in [0.25, 0.3) is 0 Å². The van der Waals surface area contributed by atoms with E-state index in [2.05, 4.69) is 29.6 Å². The van der Waals surface area contributed by atoms with E-state index in [1.807, 2.05) is 6.07 Å². The van der Waals surface area contributed by atoms with Gasteiger partial charge in [0.25, 0.3) is 0 Å². The monoisotopic (exact) mass is 231 g/mol. The Bertz CT molecular complexity index is 364. The Hall–Kier alpha value is -0.860. The molecule has 92 valence electrons. The molecule has 2 nitrogen and oxygen atoms in total. The third kappa shape index (κ3) is 2.38. The van der Waals surface area contributed by atoms with Gasteiger partial charge in [0.15, 0.2) is 0 Å². The fourth-order valence-electron chi connectivity index (χ4n) is 3.55. The fraction of sp³-hybridized carbons (Fsp3) is 0.600. The minimum absolute atomic E-state index is 0.396. The summed E-state index contributed by atoms with van der Waals surface area (Å²) in [6.45, 7) is 2.22. The molecule has 3 rings (SSSR count). The number of aryl methyl sites for hydroxylation is 1. The van der Waals surface area contributed by atoms with Gasteiger partial charge in [-0.1, -0.05) is 30.3 Å². The van der Waals surface area contributed by atoms with E-state index >= 15 is 0 Å². The van der Waals surface area contributed by atoms with Crippen LogP contribution in [-0.4, -0.2) is 23.8 Å². The Kier molecular flexibility index (Phi) is 2.93. The van der Waals surface area contributed by atoms with Crippen LogP contribution in [0, 0.1) is 11.8 Å². The SMILES string of the molecule is O[C@@]1(CCc2ccccc2)C[C@H]2CNC[C@H]2C1. The normalized spacial score (nSPS) is 36.1. The van der Waals surface area contributed by atoms with Crippen LogP contribution in [0.4, 0.5) is 0 Å². The average molecular weight is 231 g/mol. The molecular formula is C15H21NO. The Morgan fingerprint density at radius 2 is 1.76 bits per heavy atom. The first-order valence-corrected chi connectivity index (χ1v) is 6.72. The maximum atomic E-state index is 10.6. The zero-order chi connectivity index (χ0) is 11.7. The lowest BCUT2D eigenvalue weighted by Crippen LogP contribution is -2.28. The number of hydrogen-bond donors (Lipinski definition) is 2. The molecule has 1 heterocycles. The van der Waals surface area contributed by atoms with Crippen molar-refractivity contribution in [3.8, 4) is 0 Å². The van der Waals surface area contributed by atoms with Crippen molar-refractivity contribution in [1.29, 1.82) is 0 Å². The highest BCUT2D eigenvalue weighted by Crippen LogP contribution is 2.43. The van der Waals surface area contributed by atoms with Gasteiger partial charge in [-0.2, -0.15) is 0 Å². The summed E-state index contributed by atoms with van der Waals surface area (Å²) in [5, 5.41) is 14.1. The molecule has 1 aliphatic carbocycles. The maximum Gasteiger partial charge on any atom is 0.0657 e. The molecule has 0 bridgehead atoms. The number of aliphatic hydroxyl groups is 1. The quantitative estimate of drug-likeness (QED) is 0.833. The summed E-state index contributed by atoms with van der Waals surface area (Å²) >= 11 is 0. The first kappa shape index (κ1) is 11.2. The van der Waals surface area contributed by atoms with E-state index in [1.54, 1.807) is 0 Å². The smallest absolute Gasteiger partial charge is 0.0657 e. The molecule has 2 N–H and O–H groups in total. The molecule has 1 saturated heterocycles.